The molecule has 2 unspecified atom stereocenters. The van der Waals surface area contributed by atoms with E-state index in [-0.39, 0.29) is 12.5 Å². The second-order valence-corrected chi connectivity index (χ2v) is 4.06. The van der Waals surface area contributed by atoms with Crippen molar-refractivity contribution < 1.29 is 14.2 Å². The third-order valence-corrected chi connectivity index (χ3v) is 2.96. The minimum Gasteiger partial charge on any atom is -0.390 e. The number of aliphatic hydroxyl groups is 1. The minimum atomic E-state index is -0.746. The first-order valence-corrected chi connectivity index (χ1v) is 5.61. The van der Waals surface area contributed by atoms with Crippen LogP contribution < -0.4 is 0 Å². The molecular weight excluding hydrogens is 231 g/mol. The summed E-state index contributed by atoms with van der Waals surface area (Å²) in [5, 5.41) is 10.2. The number of ether oxygens (including phenoxy) is 1. The third-order valence-electron chi connectivity index (χ3n) is 2.61. The van der Waals surface area contributed by atoms with Crippen molar-refractivity contribution in [2.24, 2.45) is 0 Å². The van der Waals surface area contributed by atoms with E-state index in [9.17, 15) is 9.50 Å². The first-order valence-electron chi connectivity index (χ1n) is 5.23. The standard InChI is InChI=1S/C12H16ClFO2/c1-3-12(16-2)11(15)7-8-9(13)5-4-6-10(8)14/h4-6,11-12,15H,3,7H2,1-2H3. The molecule has 0 bridgehead atoms. The summed E-state index contributed by atoms with van der Waals surface area (Å²) in [5.74, 6) is -0.391. The van der Waals surface area contributed by atoms with E-state index in [0.29, 0.717) is 17.0 Å². The minimum absolute atomic E-state index is 0.165. The van der Waals surface area contributed by atoms with Crippen molar-refractivity contribution in [2.75, 3.05) is 7.11 Å². The molecule has 0 aliphatic carbocycles. The van der Waals surface area contributed by atoms with Crippen LogP contribution in [0.3, 0.4) is 0 Å². The van der Waals surface area contributed by atoms with Gasteiger partial charge in [-0.1, -0.05) is 24.6 Å². The topological polar surface area (TPSA) is 29.5 Å². The van der Waals surface area contributed by atoms with E-state index in [1.807, 2.05) is 6.92 Å². The van der Waals surface area contributed by atoms with Gasteiger partial charge in [0.1, 0.15) is 5.82 Å². The monoisotopic (exact) mass is 246 g/mol. The van der Waals surface area contributed by atoms with Crippen molar-refractivity contribution in [1.29, 1.82) is 0 Å². The average Bonchev–Trinajstić information content (AvgIpc) is 2.25. The molecule has 0 heterocycles. The van der Waals surface area contributed by atoms with Crippen molar-refractivity contribution in [3.05, 3.63) is 34.6 Å². The summed E-state index contributed by atoms with van der Waals surface area (Å²) in [7, 11) is 1.53. The molecule has 16 heavy (non-hydrogen) atoms. The maximum Gasteiger partial charge on any atom is 0.127 e. The van der Waals surface area contributed by atoms with Gasteiger partial charge in [0, 0.05) is 24.1 Å². The van der Waals surface area contributed by atoms with Gasteiger partial charge in [-0.05, 0) is 18.6 Å². The van der Waals surface area contributed by atoms with Gasteiger partial charge in [0.25, 0.3) is 0 Å². The molecule has 0 aliphatic rings. The molecule has 0 radical (unpaired) electrons. The number of rotatable bonds is 5. The number of benzene rings is 1. The van der Waals surface area contributed by atoms with Crippen LogP contribution in [0.4, 0.5) is 4.39 Å². The van der Waals surface area contributed by atoms with Crippen molar-refractivity contribution >= 4 is 11.6 Å². The summed E-state index contributed by atoms with van der Waals surface area (Å²) in [4.78, 5) is 0. The lowest BCUT2D eigenvalue weighted by Gasteiger charge is -2.20. The van der Waals surface area contributed by atoms with E-state index in [4.69, 9.17) is 16.3 Å². The molecular formula is C12H16ClFO2. The first-order chi connectivity index (χ1) is 7.60. The highest BCUT2D eigenvalue weighted by Gasteiger charge is 2.20. The summed E-state index contributed by atoms with van der Waals surface area (Å²) in [5.41, 5.74) is 0.340. The lowest BCUT2D eigenvalue weighted by Crippen LogP contribution is -2.29. The number of aliphatic hydroxyl groups excluding tert-OH is 1. The van der Waals surface area contributed by atoms with Crippen LogP contribution in [0.25, 0.3) is 0 Å². The first kappa shape index (κ1) is 13.4. The zero-order valence-electron chi connectivity index (χ0n) is 9.41. The Morgan fingerprint density at radius 1 is 1.50 bits per heavy atom. The molecule has 1 N–H and O–H groups in total. The Morgan fingerprint density at radius 2 is 2.19 bits per heavy atom. The third kappa shape index (κ3) is 3.17. The second kappa shape index (κ2) is 6.18. The van der Waals surface area contributed by atoms with E-state index in [2.05, 4.69) is 0 Å². The molecule has 4 heteroatoms. The molecule has 1 rings (SSSR count). The maximum absolute atomic E-state index is 13.4. The summed E-state index contributed by atoms with van der Waals surface area (Å²) in [6.07, 6.45) is -0.207. The van der Waals surface area contributed by atoms with E-state index < -0.39 is 11.9 Å². The Kier molecular flexibility index (Phi) is 5.19. The molecule has 1 aromatic rings. The Hall–Kier alpha value is -0.640. The van der Waals surface area contributed by atoms with Crippen LogP contribution >= 0.6 is 11.6 Å². The number of hydrogen-bond acceptors (Lipinski definition) is 2. The smallest absolute Gasteiger partial charge is 0.127 e. The molecule has 0 fully saturated rings. The van der Waals surface area contributed by atoms with Gasteiger partial charge in [-0.25, -0.2) is 4.39 Å². The summed E-state index contributed by atoms with van der Waals surface area (Å²) >= 11 is 5.87. The van der Waals surface area contributed by atoms with Crippen molar-refractivity contribution in [3.8, 4) is 0 Å². The largest absolute Gasteiger partial charge is 0.390 e. The van der Waals surface area contributed by atoms with Crippen LogP contribution in [0.1, 0.15) is 18.9 Å². The maximum atomic E-state index is 13.4. The number of methoxy groups -OCH3 is 1. The summed E-state index contributed by atoms with van der Waals surface area (Å²) in [6.45, 7) is 1.90. The van der Waals surface area contributed by atoms with Gasteiger partial charge in [-0.2, -0.15) is 0 Å². The van der Waals surface area contributed by atoms with E-state index >= 15 is 0 Å². The molecule has 0 spiro atoms. The zero-order chi connectivity index (χ0) is 12.1. The average molecular weight is 247 g/mol. The Balaban J connectivity index is 2.80. The van der Waals surface area contributed by atoms with Gasteiger partial charge < -0.3 is 9.84 Å². The summed E-state index contributed by atoms with van der Waals surface area (Å²) in [6, 6.07) is 4.49. The van der Waals surface area contributed by atoms with Gasteiger partial charge in [0.2, 0.25) is 0 Å². The highest BCUT2D eigenvalue weighted by Crippen LogP contribution is 2.22. The fourth-order valence-corrected chi connectivity index (χ4v) is 1.90. The molecule has 0 amide bonds. The number of hydrogen-bond donors (Lipinski definition) is 1. The van der Waals surface area contributed by atoms with Crippen LogP contribution in [-0.4, -0.2) is 24.4 Å². The van der Waals surface area contributed by atoms with Gasteiger partial charge in [-0.15, -0.1) is 0 Å². The van der Waals surface area contributed by atoms with Crippen molar-refractivity contribution in [3.63, 3.8) is 0 Å². The molecule has 0 aromatic heterocycles. The molecule has 0 saturated carbocycles. The molecule has 2 atom stereocenters. The lowest BCUT2D eigenvalue weighted by atomic mass is 10.0. The Morgan fingerprint density at radius 3 is 2.69 bits per heavy atom. The molecule has 0 aliphatic heterocycles. The molecule has 90 valence electrons. The van der Waals surface area contributed by atoms with Crippen LogP contribution in [-0.2, 0) is 11.2 Å². The molecule has 2 nitrogen and oxygen atoms in total. The van der Waals surface area contributed by atoms with E-state index in [0.717, 1.165) is 0 Å². The highest BCUT2D eigenvalue weighted by molar-refractivity contribution is 6.31. The van der Waals surface area contributed by atoms with Gasteiger partial charge in [0.15, 0.2) is 0 Å². The van der Waals surface area contributed by atoms with Crippen LogP contribution in [0.15, 0.2) is 18.2 Å². The normalized spacial score (nSPS) is 14.8. The fourth-order valence-electron chi connectivity index (χ4n) is 1.66. The Bertz CT molecular complexity index is 320. The SMILES string of the molecule is CCC(OC)C(O)Cc1c(F)cccc1Cl. The predicted molar refractivity (Wildman–Crippen MR) is 62.2 cm³/mol. The van der Waals surface area contributed by atoms with Gasteiger partial charge in [-0.3, -0.25) is 0 Å². The van der Waals surface area contributed by atoms with Crippen LogP contribution in [0, 0.1) is 5.82 Å². The van der Waals surface area contributed by atoms with Crippen molar-refractivity contribution in [1.82, 2.24) is 0 Å². The Labute approximate surface area is 100.0 Å². The number of halogens is 2. The highest BCUT2D eigenvalue weighted by atomic mass is 35.5. The van der Waals surface area contributed by atoms with Crippen molar-refractivity contribution in [2.45, 2.75) is 32.0 Å². The molecule has 1 aromatic carbocycles. The van der Waals surface area contributed by atoms with Gasteiger partial charge in [0.05, 0.1) is 12.2 Å². The predicted octanol–water partition coefficient (Wildman–Crippen LogP) is 2.81. The molecule has 0 saturated heterocycles. The van der Waals surface area contributed by atoms with Gasteiger partial charge >= 0.3 is 0 Å². The zero-order valence-corrected chi connectivity index (χ0v) is 10.2. The van der Waals surface area contributed by atoms with E-state index in [1.54, 1.807) is 12.1 Å². The lowest BCUT2D eigenvalue weighted by molar-refractivity contribution is -0.0131. The van der Waals surface area contributed by atoms with Crippen LogP contribution in [0.2, 0.25) is 5.02 Å². The van der Waals surface area contributed by atoms with Crippen LogP contribution in [0.5, 0.6) is 0 Å². The summed E-state index contributed by atoms with van der Waals surface area (Å²) < 4.78 is 18.5. The second-order valence-electron chi connectivity index (χ2n) is 3.65. The quantitative estimate of drug-likeness (QED) is 0.866. The fraction of sp³-hybridized carbons (Fsp3) is 0.500. The van der Waals surface area contributed by atoms with E-state index in [1.165, 1.54) is 13.2 Å².